The number of hydrogen-bond donors (Lipinski definition) is 0. The molecule has 1 aliphatic heterocycles. The molecule has 10 heteroatoms. The van der Waals surface area contributed by atoms with Crippen LogP contribution in [-0.2, 0) is 33.4 Å². The molecule has 5 aliphatic rings. The van der Waals surface area contributed by atoms with Gasteiger partial charge in [-0.15, -0.1) is 0 Å². The van der Waals surface area contributed by atoms with Gasteiger partial charge in [0.2, 0.25) is 5.12 Å². The van der Waals surface area contributed by atoms with Gasteiger partial charge in [-0.05, 0) is 50.2 Å². The molecule has 7 nitrogen and oxygen atoms in total. The van der Waals surface area contributed by atoms with Crippen molar-refractivity contribution >= 4 is 40.4 Å². The summed E-state index contributed by atoms with van der Waals surface area (Å²) in [6.45, 7) is 6.84. The standard InChI is InChI=1S/C28H34F2O7S/c1-5-22(33)37-28(24(35)38-20-6-9-36-23(20)34)14(2)10-16-17-13-19(29)18-11-15(31)12-21(32)26(18,4)27(17,30)8-7-25(16,28)3/h11,14,16-17,19-20H,5-10,12-13H2,1-4H3/t14?,16-,17-,19?,20-,25-,26+,27?,28?/m0/s1. The molecule has 5 rings (SSSR count). The molecule has 4 unspecified atom stereocenters. The Kier molecular flexibility index (Phi) is 6.48. The summed E-state index contributed by atoms with van der Waals surface area (Å²) in [5.74, 6) is -4.22. The zero-order valence-corrected chi connectivity index (χ0v) is 23.0. The fraction of sp³-hybridized carbons (Fsp3) is 0.750. The van der Waals surface area contributed by atoms with Gasteiger partial charge in [0.1, 0.15) is 17.1 Å². The number of alkyl halides is 2. The smallest absolute Gasteiger partial charge is 0.319 e. The van der Waals surface area contributed by atoms with Crippen molar-refractivity contribution in [2.24, 2.45) is 28.6 Å². The van der Waals surface area contributed by atoms with E-state index in [2.05, 4.69) is 0 Å². The molecule has 0 N–H and O–H groups in total. The van der Waals surface area contributed by atoms with E-state index in [1.807, 2.05) is 6.92 Å². The number of thioether (sulfide) groups is 1. The van der Waals surface area contributed by atoms with E-state index >= 15 is 8.78 Å². The quantitative estimate of drug-likeness (QED) is 0.377. The van der Waals surface area contributed by atoms with Gasteiger partial charge in [0.25, 0.3) is 0 Å². The predicted octanol–water partition coefficient (Wildman–Crippen LogP) is 4.25. The number of fused-ring (bicyclic) bond motifs is 5. The normalized spacial score (nSPS) is 46.0. The lowest BCUT2D eigenvalue weighted by Crippen LogP contribution is -2.68. The molecule has 0 bridgehead atoms. The summed E-state index contributed by atoms with van der Waals surface area (Å²) in [6.07, 6.45) is -0.601. The molecule has 4 aliphatic carbocycles. The van der Waals surface area contributed by atoms with E-state index in [1.165, 1.54) is 6.92 Å². The molecule has 0 spiro atoms. The van der Waals surface area contributed by atoms with Gasteiger partial charge in [0.15, 0.2) is 17.2 Å². The van der Waals surface area contributed by atoms with Gasteiger partial charge in [-0.3, -0.25) is 24.0 Å². The lowest BCUT2D eigenvalue weighted by atomic mass is 9.44. The summed E-state index contributed by atoms with van der Waals surface area (Å²) in [4.78, 5) is 64.3. The van der Waals surface area contributed by atoms with E-state index in [1.54, 1.807) is 13.8 Å². The maximum absolute atomic E-state index is 17.4. The third-order valence-electron chi connectivity index (χ3n) is 10.5. The molecule has 0 radical (unpaired) electrons. The van der Waals surface area contributed by atoms with E-state index < -0.39 is 86.3 Å². The Balaban J connectivity index is 1.59. The molecule has 1 heterocycles. The SMILES string of the molecule is CCC(=O)OC1(C(=O)S[C@H]2CCOC2=O)C(C)C[C@H]2[C@@H]3CC(F)C4=CC(=O)CC(=O)[C@]4(C)C3(F)CC[C@@]21C. The minimum Gasteiger partial charge on any atom is -0.465 e. The Morgan fingerprint density at radius 3 is 2.50 bits per heavy atom. The van der Waals surface area contributed by atoms with Gasteiger partial charge in [-0.25, -0.2) is 8.78 Å². The highest BCUT2D eigenvalue weighted by Crippen LogP contribution is 2.72. The molecule has 9 atom stereocenters. The number of esters is 2. The van der Waals surface area contributed by atoms with Gasteiger partial charge in [-0.2, -0.15) is 0 Å². The van der Waals surface area contributed by atoms with Crippen LogP contribution in [0.2, 0.25) is 0 Å². The van der Waals surface area contributed by atoms with E-state index in [0.717, 1.165) is 17.8 Å². The second-order valence-corrected chi connectivity index (χ2v) is 13.2. The third-order valence-corrected chi connectivity index (χ3v) is 11.7. The highest BCUT2D eigenvalue weighted by molar-refractivity contribution is 8.14. The minimum absolute atomic E-state index is 0.0242. The van der Waals surface area contributed by atoms with Crippen molar-refractivity contribution in [3.05, 3.63) is 11.6 Å². The Morgan fingerprint density at radius 2 is 1.87 bits per heavy atom. The van der Waals surface area contributed by atoms with E-state index in [9.17, 15) is 24.0 Å². The van der Waals surface area contributed by atoms with Crippen LogP contribution in [0.25, 0.3) is 0 Å². The molecule has 0 aromatic rings. The van der Waals surface area contributed by atoms with Gasteiger partial charge >= 0.3 is 11.9 Å². The number of allylic oxidation sites excluding steroid dienone is 1. The lowest BCUT2D eigenvalue weighted by molar-refractivity contribution is -0.203. The highest BCUT2D eigenvalue weighted by atomic mass is 32.2. The average Bonchev–Trinajstić information content (AvgIpc) is 3.36. The molecular formula is C28H34F2O7S. The van der Waals surface area contributed by atoms with Crippen LogP contribution in [-0.4, -0.2) is 57.9 Å². The Morgan fingerprint density at radius 1 is 1.16 bits per heavy atom. The van der Waals surface area contributed by atoms with Crippen LogP contribution in [0.15, 0.2) is 11.6 Å². The topological polar surface area (TPSA) is 104 Å². The van der Waals surface area contributed by atoms with Gasteiger partial charge in [0, 0.05) is 30.1 Å². The summed E-state index contributed by atoms with van der Waals surface area (Å²) < 4.78 is 44.2. The molecular weight excluding hydrogens is 518 g/mol. The van der Waals surface area contributed by atoms with Crippen LogP contribution in [0, 0.1) is 28.6 Å². The maximum atomic E-state index is 17.4. The van der Waals surface area contributed by atoms with Crippen LogP contribution >= 0.6 is 11.8 Å². The molecule has 38 heavy (non-hydrogen) atoms. The van der Waals surface area contributed by atoms with E-state index in [4.69, 9.17) is 9.47 Å². The third kappa shape index (κ3) is 3.40. The Hall–Kier alpha value is -2.10. The number of carbonyl (C=O) groups is 5. The van der Waals surface area contributed by atoms with Crippen molar-refractivity contribution in [2.75, 3.05) is 6.61 Å². The molecule has 0 aromatic carbocycles. The van der Waals surface area contributed by atoms with Crippen molar-refractivity contribution in [2.45, 2.75) is 95.3 Å². The number of Topliss-reactive ketones (excluding diaryl/α,β-unsaturated/α-hetero) is 1. The van der Waals surface area contributed by atoms with Gasteiger partial charge in [0.05, 0.1) is 18.4 Å². The van der Waals surface area contributed by atoms with Crippen molar-refractivity contribution in [1.82, 2.24) is 0 Å². The van der Waals surface area contributed by atoms with Crippen LogP contribution in [0.4, 0.5) is 8.78 Å². The summed E-state index contributed by atoms with van der Waals surface area (Å²) in [6, 6.07) is 0. The summed E-state index contributed by atoms with van der Waals surface area (Å²) in [7, 11) is 0. The number of ether oxygens (including phenoxy) is 2. The summed E-state index contributed by atoms with van der Waals surface area (Å²) in [5.41, 5.74) is -6.66. The van der Waals surface area contributed by atoms with Crippen molar-refractivity contribution < 1.29 is 42.2 Å². The van der Waals surface area contributed by atoms with Crippen molar-refractivity contribution in [1.29, 1.82) is 0 Å². The number of cyclic esters (lactones) is 1. The minimum atomic E-state index is -2.11. The zero-order chi connectivity index (χ0) is 27.8. The fourth-order valence-corrected chi connectivity index (χ4v) is 9.67. The Labute approximate surface area is 224 Å². The average molecular weight is 553 g/mol. The van der Waals surface area contributed by atoms with Crippen LogP contribution in [0.3, 0.4) is 0 Å². The molecule has 4 fully saturated rings. The number of carbonyl (C=O) groups excluding carboxylic acids is 5. The molecule has 0 aromatic heterocycles. The maximum Gasteiger partial charge on any atom is 0.319 e. The first-order chi connectivity index (χ1) is 17.8. The predicted molar refractivity (Wildman–Crippen MR) is 133 cm³/mol. The Bertz CT molecular complexity index is 1150. The highest BCUT2D eigenvalue weighted by Gasteiger charge is 2.77. The molecule has 1 saturated heterocycles. The number of hydrogen-bond acceptors (Lipinski definition) is 8. The van der Waals surface area contributed by atoms with Crippen molar-refractivity contribution in [3.63, 3.8) is 0 Å². The molecule has 3 saturated carbocycles. The summed E-state index contributed by atoms with van der Waals surface area (Å²) in [5, 5.41) is -1.18. The second kappa shape index (κ2) is 8.96. The molecule has 0 amide bonds. The van der Waals surface area contributed by atoms with Crippen LogP contribution < -0.4 is 0 Å². The van der Waals surface area contributed by atoms with E-state index in [0.29, 0.717) is 12.8 Å². The number of rotatable bonds is 4. The largest absolute Gasteiger partial charge is 0.465 e. The first kappa shape index (κ1) is 27.5. The second-order valence-electron chi connectivity index (χ2n) is 12.0. The fourth-order valence-electron chi connectivity index (χ4n) is 8.38. The summed E-state index contributed by atoms with van der Waals surface area (Å²) >= 11 is 0.810. The zero-order valence-electron chi connectivity index (χ0n) is 22.1. The van der Waals surface area contributed by atoms with Gasteiger partial charge < -0.3 is 9.47 Å². The van der Waals surface area contributed by atoms with Crippen LogP contribution in [0.1, 0.15) is 72.6 Å². The molecule has 208 valence electrons. The van der Waals surface area contributed by atoms with Crippen LogP contribution in [0.5, 0.6) is 0 Å². The lowest BCUT2D eigenvalue weighted by Gasteiger charge is -2.61. The van der Waals surface area contributed by atoms with Gasteiger partial charge in [-0.1, -0.05) is 32.5 Å². The van der Waals surface area contributed by atoms with E-state index in [-0.39, 0.29) is 37.9 Å². The number of halogens is 2. The van der Waals surface area contributed by atoms with Crippen molar-refractivity contribution in [3.8, 4) is 0 Å². The monoisotopic (exact) mass is 552 g/mol. The first-order valence-electron chi connectivity index (χ1n) is 13.5. The number of ketones is 2. The first-order valence-corrected chi connectivity index (χ1v) is 14.3.